The van der Waals surface area contributed by atoms with Crippen LogP contribution in [-0.2, 0) is 13.1 Å². The quantitative estimate of drug-likeness (QED) is 0.577. The van der Waals surface area contributed by atoms with Gasteiger partial charge < -0.3 is 0 Å². The summed E-state index contributed by atoms with van der Waals surface area (Å²) >= 11 is 6.04. The van der Waals surface area contributed by atoms with Gasteiger partial charge >= 0.3 is 0 Å². The summed E-state index contributed by atoms with van der Waals surface area (Å²) < 4.78 is 1.36. The number of H-pyrrole nitrogens is 1. The van der Waals surface area contributed by atoms with E-state index in [9.17, 15) is 4.79 Å². The Morgan fingerprint density at radius 2 is 1.85 bits per heavy atom. The van der Waals surface area contributed by atoms with Gasteiger partial charge in [0.05, 0.1) is 5.69 Å². The summed E-state index contributed by atoms with van der Waals surface area (Å²) in [5, 5.41) is 3.72. The van der Waals surface area contributed by atoms with E-state index in [1.165, 1.54) is 10.6 Å². The Labute approximate surface area is 161 Å². The van der Waals surface area contributed by atoms with Gasteiger partial charge in [0.15, 0.2) is 5.82 Å². The van der Waals surface area contributed by atoms with E-state index in [2.05, 4.69) is 20.0 Å². The molecule has 0 radical (unpaired) electrons. The van der Waals surface area contributed by atoms with Crippen LogP contribution < -0.4 is 5.56 Å². The van der Waals surface area contributed by atoms with Gasteiger partial charge in [-0.25, -0.2) is 4.98 Å². The number of aromatic nitrogens is 4. The fraction of sp³-hybridized carbons (Fsp3) is 0.150. The van der Waals surface area contributed by atoms with Crippen LogP contribution in [0.5, 0.6) is 0 Å². The summed E-state index contributed by atoms with van der Waals surface area (Å²) in [6.07, 6.45) is 0. The average Bonchev–Trinajstić information content (AvgIpc) is 3.07. The number of halogens is 1. The number of nitrogens with zero attached hydrogens (tertiary/aromatic N) is 4. The highest BCUT2D eigenvalue weighted by Crippen LogP contribution is 2.15. The lowest BCUT2D eigenvalue weighted by atomic mass is 10.2. The Hall–Kier alpha value is -2.96. The average molecular weight is 380 g/mol. The molecule has 2 aromatic heterocycles. The largest absolute Gasteiger partial charge is 0.296 e. The first-order valence-electron chi connectivity index (χ1n) is 8.55. The van der Waals surface area contributed by atoms with Crippen molar-refractivity contribution in [1.82, 2.24) is 24.5 Å². The fourth-order valence-electron chi connectivity index (χ4n) is 3.01. The monoisotopic (exact) mass is 379 g/mol. The number of benzene rings is 2. The lowest BCUT2D eigenvalue weighted by Gasteiger charge is -2.16. The van der Waals surface area contributed by atoms with E-state index in [1.807, 2.05) is 61.6 Å². The Kier molecular flexibility index (Phi) is 4.75. The Balaban J connectivity index is 1.58. The van der Waals surface area contributed by atoms with E-state index in [-0.39, 0.29) is 5.56 Å². The van der Waals surface area contributed by atoms with Crippen LogP contribution in [0.1, 0.15) is 11.3 Å². The van der Waals surface area contributed by atoms with Crippen LogP contribution in [0.25, 0.3) is 17.2 Å². The molecule has 0 aliphatic rings. The normalized spacial score (nSPS) is 11.4. The maximum atomic E-state index is 12.4. The highest BCUT2D eigenvalue weighted by atomic mass is 35.5. The molecule has 0 atom stereocenters. The molecule has 0 bridgehead atoms. The second kappa shape index (κ2) is 7.34. The molecule has 0 fully saturated rings. The number of hydrogen-bond donors (Lipinski definition) is 1. The molecule has 0 unspecified atom stereocenters. The second-order valence-corrected chi connectivity index (χ2v) is 6.90. The van der Waals surface area contributed by atoms with Gasteiger partial charge in [-0.1, -0.05) is 54.1 Å². The molecule has 2 aromatic carbocycles. The summed E-state index contributed by atoms with van der Waals surface area (Å²) in [6, 6.07) is 18.9. The first-order chi connectivity index (χ1) is 13.1. The molecule has 0 spiro atoms. The fourth-order valence-corrected chi connectivity index (χ4v) is 3.23. The Bertz CT molecular complexity index is 1140. The van der Waals surface area contributed by atoms with E-state index in [0.29, 0.717) is 35.4 Å². The van der Waals surface area contributed by atoms with Gasteiger partial charge in [-0.3, -0.25) is 14.8 Å². The van der Waals surface area contributed by atoms with Crippen molar-refractivity contribution in [3.63, 3.8) is 0 Å². The number of aromatic amines is 1. The highest BCUT2D eigenvalue weighted by molar-refractivity contribution is 6.30. The van der Waals surface area contributed by atoms with E-state index in [4.69, 9.17) is 11.6 Å². The van der Waals surface area contributed by atoms with Crippen molar-refractivity contribution in [3.8, 4) is 11.4 Å². The molecule has 136 valence electrons. The Morgan fingerprint density at radius 1 is 1.04 bits per heavy atom. The summed E-state index contributed by atoms with van der Waals surface area (Å²) in [5.74, 6) is 0.983. The zero-order valence-electron chi connectivity index (χ0n) is 14.8. The SMILES string of the molecule is CN(Cc1cccc(Cl)c1)Cc1cc(=O)n2[nH]c(-c3ccccc3)nc2n1. The summed E-state index contributed by atoms with van der Waals surface area (Å²) in [7, 11) is 1.98. The van der Waals surface area contributed by atoms with Crippen LogP contribution in [-0.4, -0.2) is 31.5 Å². The minimum absolute atomic E-state index is 0.180. The third kappa shape index (κ3) is 3.92. The van der Waals surface area contributed by atoms with Crippen LogP contribution in [0.2, 0.25) is 5.02 Å². The van der Waals surface area contributed by atoms with Crippen molar-refractivity contribution in [2.75, 3.05) is 7.05 Å². The number of nitrogens with one attached hydrogen (secondary N) is 1. The molecule has 27 heavy (non-hydrogen) atoms. The standard InChI is InChI=1S/C20H18ClN5O/c1-25(12-14-6-5-9-16(21)10-14)13-17-11-18(27)26-20(22-17)23-19(24-26)15-7-3-2-4-8-15/h2-11H,12-13H2,1H3,(H,22,23,24). The Morgan fingerprint density at radius 3 is 2.63 bits per heavy atom. The molecule has 0 aliphatic carbocycles. The van der Waals surface area contributed by atoms with E-state index in [1.54, 1.807) is 0 Å². The molecule has 4 rings (SSSR count). The van der Waals surface area contributed by atoms with Crippen LogP contribution in [0.3, 0.4) is 0 Å². The third-order valence-electron chi connectivity index (χ3n) is 4.20. The van der Waals surface area contributed by atoms with Crippen molar-refractivity contribution in [2.24, 2.45) is 0 Å². The molecule has 7 heteroatoms. The van der Waals surface area contributed by atoms with Gasteiger partial charge in [0.2, 0.25) is 0 Å². The summed E-state index contributed by atoms with van der Waals surface area (Å²) in [4.78, 5) is 23.5. The zero-order valence-corrected chi connectivity index (χ0v) is 15.5. The first kappa shape index (κ1) is 17.5. The second-order valence-electron chi connectivity index (χ2n) is 6.46. The third-order valence-corrected chi connectivity index (χ3v) is 4.44. The highest BCUT2D eigenvalue weighted by Gasteiger charge is 2.11. The number of rotatable bonds is 5. The van der Waals surface area contributed by atoms with Crippen molar-refractivity contribution in [2.45, 2.75) is 13.1 Å². The van der Waals surface area contributed by atoms with Gasteiger partial charge in [-0.05, 0) is 24.7 Å². The predicted molar refractivity (Wildman–Crippen MR) is 106 cm³/mol. The molecular formula is C20H18ClN5O. The van der Waals surface area contributed by atoms with E-state index < -0.39 is 0 Å². The smallest absolute Gasteiger partial charge is 0.274 e. The van der Waals surface area contributed by atoms with Crippen LogP contribution in [0, 0.1) is 0 Å². The number of fused-ring (bicyclic) bond motifs is 1. The molecule has 0 saturated carbocycles. The first-order valence-corrected chi connectivity index (χ1v) is 8.93. The molecule has 1 N–H and O–H groups in total. The van der Waals surface area contributed by atoms with Gasteiger partial charge in [0.25, 0.3) is 11.3 Å². The maximum Gasteiger partial charge on any atom is 0.274 e. The minimum atomic E-state index is -0.180. The van der Waals surface area contributed by atoms with E-state index >= 15 is 0 Å². The van der Waals surface area contributed by atoms with Crippen LogP contribution >= 0.6 is 11.6 Å². The molecule has 4 aromatic rings. The van der Waals surface area contributed by atoms with Gasteiger partial charge in [0.1, 0.15) is 0 Å². The summed E-state index contributed by atoms with van der Waals surface area (Å²) in [6.45, 7) is 1.24. The van der Waals surface area contributed by atoms with Gasteiger partial charge in [0, 0.05) is 29.7 Å². The molecule has 0 saturated heterocycles. The zero-order chi connectivity index (χ0) is 18.8. The maximum absolute atomic E-state index is 12.4. The van der Waals surface area contributed by atoms with Crippen LogP contribution in [0.15, 0.2) is 65.5 Å². The van der Waals surface area contributed by atoms with Gasteiger partial charge in [-0.15, -0.1) is 0 Å². The van der Waals surface area contributed by atoms with Crippen molar-refractivity contribution in [1.29, 1.82) is 0 Å². The molecule has 2 heterocycles. The number of hydrogen-bond acceptors (Lipinski definition) is 4. The van der Waals surface area contributed by atoms with E-state index in [0.717, 1.165) is 11.1 Å². The topological polar surface area (TPSA) is 66.3 Å². The van der Waals surface area contributed by atoms with Crippen LogP contribution in [0.4, 0.5) is 0 Å². The molecular weight excluding hydrogens is 362 g/mol. The van der Waals surface area contributed by atoms with Gasteiger partial charge in [-0.2, -0.15) is 9.50 Å². The lowest BCUT2D eigenvalue weighted by Crippen LogP contribution is -2.22. The molecule has 0 aliphatic heterocycles. The van der Waals surface area contributed by atoms with Crippen molar-refractivity contribution >= 4 is 17.4 Å². The summed E-state index contributed by atoms with van der Waals surface area (Å²) in [5.41, 5.74) is 2.51. The minimum Gasteiger partial charge on any atom is -0.296 e. The molecule has 0 amide bonds. The predicted octanol–water partition coefficient (Wildman–Crippen LogP) is 3.37. The van der Waals surface area contributed by atoms with Crippen molar-refractivity contribution in [3.05, 3.63) is 87.3 Å². The molecule has 6 nitrogen and oxygen atoms in total. The van der Waals surface area contributed by atoms with Crippen molar-refractivity contribution < 1.29 is 0 Å². The lowest BCUT2D eigenvalue weighted by molar-refractivity contribution is 0.315.